The molecule has 10 heteroatoms. The molecule has 1 saturated heterocycles. The fourth-order valence-corrected chi connectivity index (χ4v) is 3.09. The molecular weight excluding hydrogens is 417 g/mol. The molecule has 0 bridgehead atoms. The van der Waals surface area contributed by atoms with Gasteiger partial charge in [0.1, 0.15) is 0 Å². The van der Waals surface area contributed by atoms with Gasteiger partial charge in [-0.05, 0) is 43.2 Å². The van der Waals surface area contributed by atoms with E-state index in [1.54, 1.807) is 6.07 Å². The normalized spacial score (nSPS) is 13.6. The molecule has 6 nitrogen and oxygen atoms in total. The van der Waals surface area contributed by atoms with Crippen molar-refractivity contribution >= 4 is 41.6 Å². The Morgan fingerprint density at radius 3 is 2.00 bits per heavy atom. The predicted octanol–water partition coefficient (Wildman–Crippen LogP) is 5.40. The van der Waals surface area contributed by atoms with E-state index in [1.165, 1.54) is 6.07 Å². The molecule has 2 aromatic carbocycles. The van der Waals surface area contributed by atoms with Crippen LogP contribution < -0.4 is 15.5 Å². The van der Waals surface area contributed by atoms with Gasteiger partial charge in [0.05, 0.1) is 5.56 Å². The highest BCUT2D eigenvalue weighted by atomic mass is 35.5. The Kier molecular flexibility index (Phi) is 6.61. The molecule has 1 fully saturated rings. The molecule has 1 aliphatic heterocycles. The van der Waals surface area contributed by atoms with Gasteiger partial charge in [-0.25, -0.2) is 0 Å². The highest BCUT2D eigenvalue weighted by Gasteiger charge is 2.30. The smallest absolute Gasteiger partial charge is 0.341 e. The number of para-hydroxylation sites is 1. The van der Waals surface area contributed by atoms with Crippen LogP contribution in [0.1, 0.15) is 18.4 Å². The van der Waals surface area contributed by atoms with Crippen LogP contribution in [0.15, 0.2) is 54.6 Å². The van der Waals surface area contributed by atoms with Gasteiger partial charge in [-0.2, -0.15) is 28.1 Å². The molecule has 0 aliphatic carbocycles. The Bertz CT molecular complexity index is 978. The van der Waals surface area contributed by atoms with Crippen LogP contribution in [0.3, 0.4) is 0 Å². The lowest BCUT2D eigenvalue weighted by Crippen LogP contribution is -2.21. The minimum absolute atomic E-state index is 0. The van der Waals surface area contributed by atoms with Gasteiger partial charge in [-0.1, -0.05) is 24.3 Å². The Labute approximate surface area is 178 Å². The Balaban J connectivity index is 0.00000256. The number of nitrogens with one attached hydrogen (secondary N) is 2. The zero-order valence-electron chi connectivity index (χ0n) is 15.9. The standard InChI is InChI=1S/C20H19F3N6.ClH/c21-20(22,23)14-7-6-10-16(13-14)25-18-26-17(24-15-8-2-1-3-9-15)27-19(28-18)29-11-4-5-12-29;/h1-3,6-10,13H,4-5,11-12H2,(H2,24,25,26,27,28);1H. The van der Waals surface area contributed by atoms with E-state index in [0.29, 0.717) is 11.9 Å². The largest absolute Gasteiger partial charge is 0.416 e. The lowest BCUT2D eigenvalue weighted by Gasteiger charge is -2.17. The first-order valence-electron chi connectivity index (χ1n) is 9.25. The summed E-state index contributed by atoms with van der Waals surface area (Å²) in [5, 5.41) is 6.00. The van der Waals surface area contributed by atoms with Crippen molar-refractivity contribution in [3.05, 3.63) is 60.2 Å². The number of rotatable bonds is 5. The van der Waals surface area contributed by atoms with Gasteiger partial charge in [-0.15, -0.1) is 12.4 Å². The molecule has 0 spiro atoms. The van der Waals surface area contributed by atoms with Crippen LogP contribution in [-0.2, 0) is 6.18 Å². The predicted molar refractivity (Wildman–Crippen MR) is 113 cm³/mol. The first-order chi connectivity index (χ1) is 14.0. The van der Waals surface area contributed by atoms with Crippen LogP contribution in [0.25, 0.3) is 0 Å². The van der Waals surface area contributed by atoms with Gasteiger partial charge in [-0.3, -0.25) is 0 Å². The first kappa shape index (κ1) is 21.6. The summed E-state index contributed by atoms with van der Waals surface area (Å²) < 4.78 is 39.0. The summed E-state index contributed by atoms with van der Waals surface area (Å²) in [6.45, 7) is 1.66. The van der Waals surface area contributed by atoms with E-state index in [4.69, 9.17) is 0 Å². The van der Waals surface area contributed by atoms with E-state index in [9.17, 15) is 13.2 Å². The van der Waals surface area contributed by atoms with E-state index in [1.807, 2.05) is 35.2 Å². The summed E-state index contributed by atoms with van der Waals surface area (Å²) in [5.74, 6) is 0.993. The summed E-state index contributed by atoms with van der Waals surface area (Å²) in [7, 11) is 0. The van der Waals surface area contributed by atoms with Crippen molar-refractivity contribution in [3.8, 4) is 0 Å². The maximum atomic E-state index is 13.0. The Hall–Kier alpha value is -3.07. The van der Waals surface area contributed by atoms with Crippen LogP contribution in [0.5, 0.6) is 0 Å². The lowest BCUT2D eigenvalue weighted by molar-refractivity contribution is -0.137. The third-order valence-electron chi connectivity index (χ3n) is 4.49. The van der Waals surface area contributed by atoms with Crippen molar-refractivity contribution < 1.29 is 13.2 Å². The van der Waals surface area contributed by atoms with Crippen molar-refractivity contribution in [2.45, 2.75) is 19.0 Å². The molecule has 158 valence electrons. The number of alkyl halides is 3. The molecule has 2 heterocycles. The summed E-state index contributed by atoms with van der Waals surface area (Å²) in [6, 6.07) is 14.3. The number of hydrogen-bond donors (Lipinski definition) is 2. The quantitative estimate of drug-likeness (QED) is 0.558. The van der Waals surface area contributed by atoms with Crippen molar-refractivity contribution in [2.24, 2.45) is 0 Å². The average Bonchev–Trinajstić information content (AvgIpc) is 3.23. The monoisotopic (exact) mass is 436 g/mol. The van der Waals surface area contributed by atoms with Crippen LogP contribution in [-0.4, -0.2) is 28.0 Å². The molecular formula is C20H20ClF3N6. The molecule has 0 atom stereocenters. The molecule has 3 aromatic rings. The van der Waals surface area contributed by atoms with Gasteiger partial charge in [0, 0.05) is 24.5 Å². The number of aromatic nitrogens is 3. The SMILES string of the molecule is Cl.FC(F)(F)c1cccc(Nc2nc(Nc3ccccc3)nc(N3CCCC3)n2)c1. The minimum Gasteiger partial charge on any atom is -0.341 e. The second-order valence-electron chi connectivity index (χ2n) is 6.67. The van der Waals surface area contributed by atoms with Crippen molar-refractivity contribution in [1.29, 1.82) is 0 Å². The molecule has 4 rings (SSSR count). The average molecular weight is 437 g/mol. The Morgan fingerprint density at radius 1 is 0.767 bits per heavy atom. The zero-order chi connectivity index (χ0) is 20.3. The molecule has 0 saturated carbocycles. The number of halogens is 4. The summed E-state index contributed by atoms with van der Waals surface area (Å²) in [4.78, 5) is 15.3. The maximum Gasteiger partial charge on any atom is 0.416 e. The van der Waals surface area contributed by atoms with E-state index in [2.05, 4.69) is 25.6 Å². The highest BCUT2D eigenvalue weighted by Crippen LogP contribution is 2.31. The van der Waals surface area contributed by atoms with Gasteiger partial charge in [0.25, 0.3) is 0 Å². The number of anilines is 5. The molecule has 1 aliphatic rings. The molecule has 0 unspecified atom stereocenters. The van der Waals surface area contributed by atoms with Crippen LogP contribution in [0.2, 0.25) is 0 Å². The summed E-state index contributed by atoms with van der Waals surface area (Å²) in [6.07, 6.45) is -2.33. The van der Waals surface area contributed by atoms with Gasteiger partial charge >= 0.3 is 6.18 Å². The highest BCUT2D eigenvalue weighted by molar-refractivity contribution is 5.85. The van der Waals surface area contributed by atoms with E-state index >= 15 is 0 Å². The number of nitrogens with zero attached hydrogens (tertiary/aromatic N) is 4. The molecule has 1 aromatic heterocycles. The fourth-order valence-electron chi connectivity index (χ4n) is 3.09. The zero-order valence-corrected chi connectivity index (χ0v) is 16.7. The van der Waals surface area contributed by atoms with Gasteiger partial charge in [0.2, 0.25) is 17.8 Å². The molecule has 0 radical (unpaired) electrons. The lowest BCUT2D eigenvalue weighted by atomic mass is 10.2. The van der Waals surface area contributed by atoms with Crippen LogP contribution in [0.4, 0.5) is 42.4 Å². The second-order valence-corrected chi connectivity index (χ2v) is 6.67. The van der Waals surface area contributed by atoms with E-state index in [0.717, 1.165) is 43.8 Å². The maximum absolute atomic E-state index is 13.0. The summed E-state index contributed by atoms with van der Waals surface area (Å²) in [5.41, 5.74) is 0.319. The molecule has 30 heavy (non-hydrogen) atoms. The second kappa shape index (κ2) is 9.17. The number of benzene rings is 2. The molecule has 2 N–H and O–H groups in total. The summed E-state index contributed by atoms with van der Waals surface area (Å²) >= 11 is 0. The minimum atomic E-state index is -4.42. The van der Waals surface area contributed by atoms with Gasteiger partial charge < -0.3 is 15.5 Å². The van der Waals surface area contributed by atoms with E-state index < -0.39 is 11.7 Å². The first-order valence-corrected chi connectivity index (χ1v) is 9.25. The van der Waals surface area contributed by atoms with E-state index in [-0.39, 0.29) is 24.0 Å². The topological polar surface area (TPSA) is 66.0 Å². The number of hydrogen-bond acceptors (Lipinski definition) is 6. The van der Waals surface area contributed by atoms with Crippen LogP contribution >= 0.6 is 12.4 Å². The van der Waals surface area contributed by atoms with Crippen LogP contribution in [0, 0.1) is 0 Å². The Morgan fingerprint density at radius 2 is 1.37 bits per heavy atom. The fraction of sp³-hybridized carbons (Fsp3) is 0.250. The van der Waals surface area contributed by atoms with Crippen molar-refractivity contribution in [1.82, 2.24) is 15.0 Å². The van der Waals surface area contributed by atoms with Gasteiger partial charge in [0.15, 0.2) is 0 Å². The third-order valence-corrected chi connectivity index (χ3v) is 4.49. The molecule has 0 amide bonds. The third kappa shape index (κ3) is 5.29. The van der Waals surface area contributed by atoms with Crippen molar-refractivity contribution in [3.63, 3.8) is 0 Å². The van der Waals surface area contributed by atoms with Crippen molar-refractivity contribution in [2.75, 3.05) is 28.6 Å².